The molecule has 0 saturated carbocycles. The average molecular weight is 331 g/mol. The summed E-state index contributed by atoms with van der Waals surface area (Å²) in [5.74, 6) is 2.48. The predicted octanol–water partition coefficient (Wildman–Crippen LogP) is 1.89. The maximum atomic E-state index is 12.3. The van der Waals surface area contributed by atoms with Crippen LogP contribution in [0.4, 0.5) is 0 Å². The van der Waals surface area contributed by atoms with Crippen molar-refractivity contribution in [3.05, 3.63) is 24.3 Å². The molecule has 1 saturated heterocycles. The first-order chi connectivity index (χ1) is 10.0. The number of hydrogen-bond donors (Lipinski definition) is 1. The molecule has 2 rings (SSSR count). The van der Waals surface area contributed by atoms with E-state index >= 15 is 0 Å². The van der Waals surface area contributed by atoms with E-state index in [4.69, 9.17) is 9.47 Å². The van der Waals surface area contributed by atoms with Gasteiger partial charge in [0.1, 0.15) is 5.75 Å². The summed E-state index contributed by atoms with van der Waals surface area (Å²) in [4.78, 5) is 0.239. The first-order valence-corrected chi connectivity index (χ1v) is 9.50. The molecule has 1 aliphatic rings. The Bertz CT molecular complexity index is 551. The number of methoxy groups -OCH3 is 1. The minimum Gasteiger partial charge on any atom is -0.494 e. The van der Waals surface area contributed by atoms with Crippen LogP contribution < -0.4 is 9.46 Å². The molecule has 0 amide bonds. The van der Waals surface area contributed by atoms with Crippen LogP contribution in [0.5, 0.6) is 5.75 Å². The quantitative estimate of drug-likeness (QED) is 0.826. The molecule has 5 nitrogen and oxygen atoms in total. The molecule has 0 aromatic heterocycles. The third kappa shape index (κ3) is 4.12. The summed E-state index contributed by atoms with van der Waals surface area (Å²) >= 11 is 1.78. The number of benzene rings is 1. The van der Waals surface area contributed by atoms with Crippen molar-refractivity contribution >= 4 is 21.8 Å². The van der Waals surface area contributed by atoms with Crippen molar-refractivity contribution in [2.24, 2.45) is 0 Å². The molecule has 1 unspecified atom stereocenters. The normalized spacial score (nSPS) is 22.4. The number of rotatable bonds is 7. The van der Waals surface area contributed by atoms with Crippen molar-refractivity contribution < 1.29 is 17.9 Å². The molecule has 1 aromatic rings. The maximum Gasteiger partial charge on any atom is 0.240 e. The zero-order valence-corrected chi connectivity index (χ0v) is 13.9. The second-order valence-electron chi connectivity index (χ2n) is 4.92. The maximum absolute atomic E-state index is 12.3. The van der Waals surface area contributed by atoms with E-state index in [1.807, 2.05) is 6.92 Å². The van der Waals surface area contributed by atoms with Crippen molar-refractivity contribution in [3.8, 4) is 5.75 Å². The Morgan fingerprint density at radius 3 is 2.57 bits per heavy atom. The smallest absolute Gasteiger partial charge is 0.240 e. The lowest BCUT2D eigenvalue weighted by Gasteiger charge is -2.26. The van der Waals surface area contributed by atoms with Gasteiger partial charge in [0.25, 0.3) is 0 Å². The number of hydrogen-bond acceptors (Lipinski definition) is 5. The zero-order valence-electron chi connectivity index (χ0n) is 12.3. The minimum absolute atomic E-state index is 0.239. The molecule has 21 heavy (non-hydrogen) atoms. The topological polar surface area (TPSA) is 64.6 Å². The third-order valence-corrected chi connectivity index (χ3v) is 6.17. The fraction of sp³-hybridized carbons (Fsp3) is 0.571. The number of sulfonamides is 1. The van der Waals surface area contributed by atoms with Crippen LogP contribution >= 0.6 is 11.8 Å². The summed E-state index contributed by atoms with van der Waals surface area (Å²) in [6.45, 7) is 2.74. The van der Waals surface area contributed by atoms with E-state index < -0.39 is 10.0 Å². The van der Waals surface area contributed by atoms with Gasteiger partial charge in [0.2, 0.25) is 10.0 Å². The molecule has 0 bridgehead atoms. The Labute approximate surface area is 130 Å². The molecule has 1 heterocycles. The Kier molecular flexibility index (Phi) is 5.54. The molecule has 1 aliphatic heterocycles. The van der Waals surface area contributed by atoms with E-state index in [1.54, 1.807) is 43.1 Å². The van der Waals surface area contributed by atoms with Gasteiger partial charge in [0.05, 0.1) is 17.1 Å². The van der Waals surface area contributed by atoms with E-state index in [0.29, 0.717) is 18.9 Å². The Balaban J connectivity index is 2.04. The van der Waals surface area contributed by atoms with Crippen molar-refractivity contribution in [3.63, 3.8) is 0 Å². The lowest BCUT2D eigenvalue weighted by Crippen LogP contribution is -2.44. The van der Waals surface area contributed by atoms with Crippen LogP contribution in [-0.4, -0.2) is 45.8 Å². The molecule has 0 spiro atoms. The Hall–Kier alpha value is -0.760. The summed E-state index contributed by atoms with van der Waals surface area (Å²) in [5, 5.41) is 0. The molecule has 118 valence electrons. The van der Waals surface area contributed by atoms with Gasteiger partial charge in [-0.25, -0.2) is 13.1 Å². The van der Waals surface area contributed by atoms with Crippen LogP contribution in [0.25, 0.3) is 0 Å². The first-order valence-electron chi connectivity index (χ1n) is 6.87. The summed E-state index contributed by atoms with van der Waals surface area (Å²) in [5.41, 5.74) is -0.386. The molecule has 0 aliphatic carbocycles. The van der Waals surface area contributed by atoms with E-state index in [2.05, 4.69) is 4.72 Å². The molecule has 0 radical (unpaired) electrons. The zero-order chi connectivity index (χ0) is 15.3. The van der Waals surface area contributed by atoms with Crippen LogP contribution in [0.1, 0.15) is 13.3 Å². The van der Waals surface area contributed by atoms with Gasteiger partial charge in [-0.3, -0.25) is 0 Å². The van der Waals surface area contributed by atoms with Gasteiger partial charge in [-0.2, -0.15) is 11.8 Å². The summed E-state index contributed by atoms with van der Waals surface area (Å²) in [6.07, 6.45) is 0.861. The third-order valence-electron chi connectivity index (χ3n) is 3.53. The van der Waals surface area contributed by atoms with Crippen molar-refractivity contribution in [2.75, 3.05) is 31.8 Å². The van der Waals surface area contributed by atoms with E-state index in [9.17, 15) is 8.42 Å². The minimum atomic E-state index is -3.52. The molecule has 7 heteroatoms. The monoisotopic (exact) mass is 331 g/mol. The fourth-order valence-corrected chi connectivity index (χ4v) is 4.66. The van der Waals surface area contributed by atoms with E-state index in [0.717, 1.165) is 17.9 Å². The van der Waals surface area contributed by atoms with Gasteiger partial charge in [0.15, 0.2) is 0 Å². The molecular weight excluding hydrogens is 310 g/mol. The molecule has 1 aromatic carbocycles. The van der Waals surface area contributed by atoms with Crippen LogP contribution in [-0.2, 0) is 14.8 Å². The standard InChI is InChI=1S/C14H21NO4S2/c1-3-19-12-4-6-13(7-5-12)21(16,17)15-10-14(18-2)8-9-20-11-14/h4-7,15H,3,8-11H2,1-2H3. The van der Waals surface area contributed by atoms with Crippen molar-refractivity contribution in [2.45, 2.75) is 23.8 Å². The fourth-order valence-electron chi connectivity index (χ4n) is 2.15. The summed E-state index contributed by atoms with van der Waals surface area (Å²) < 4.78 is 38.1. The van der Waals surface area contributed by atoms with Gasteiger partial charge >= 0.3 is 0 Å². The lowest BCUT2D eigenvalue weighted by molar-refractivity contribution is 0.0179. The molecule has 1 N–H and O–H groups in total. The first kappa shape index (κ1) is 16.6. The van der Waals surface area contributed by atoms with E-state index in [1.165, 1.54) is 0 Å². The summed E-state index contributed by atoms with van der Waals surface area (Å²) in [6, 6.07) is 6.43. The Morgan fingerprint density at radius 1 is 1.33 bits per heavy atom. The molecular formula is C14H21NO4S2. The van der Waals surface area contributed by atoms with Gasteiger partial charge in [0, 0.05) is 19.4 Å². The number of ether oxygens (including phenoxy) is 2. The largest absolute Gasteiger partial charge is 0.494 e. The highest BCUT2D eigenvalue weighted by Gasteiger charge is 2.35. The number of nitrogens with one attached hydrogen (secondary N) is 1. The summed E-state index contributed by atoms with van der Waals surface area (Å²) in [7, 11) is -1.89. The van der Waals surface area contributed by atoms with Crippen LogP contribution in [0, 0.1) is 0 Å². The SMILES string of the molecule is CCOc1ccc(S(=O)(=O)NCC2(OC)CCSC2)cc1. The van der Waals surface area contributed by atoms with Crippen molar-refractivity contribution in [1.82, 2.24) is 4.72 Å². The van der Waals surface area contributed by atoms with Gasteiger partial charge in [-0.1, -0.05) is 0 Å². The predicted molar refractivity (Wildman–Crippen MR) is 84.5 cm³/mol. The second kappa shape index (κ2) is 7.00. The molecule has 1 atom stereocenters. The van der Waals surface area contributed by atoms with Crippen LogP contribution in [0.3, 0.4) is 0 Å². The van der Waals surface area contributed by atoms with Gasteiger partial charge in [-0.05, 0) is 43.4 Å². The second-order valence-corrected chi connectivity index (χ2v) is 7.79. The molecule has 1 fully saturated rings. The highest BCUT2D eigenvalue weighted by atomic mass is 32.2. The Morgan fingerprint density at radius 2 is 2.05 bits per heavy atom. The lowest BCUT2D eigenvalue weighted by atomic mass is 10.0. The number of thioether (sulfide) groups is 1. The van der Waals surface area contributed by atoms with Crippen LogP contribution in [0.15, 0.2) is 29.2 Å². The van der Waals surface area contributed by atoms with Crippen LogP contribution in [0.2, 0.25) is 0 Å². The van der Waals surface area contributed by atoms with Gasteiger partial charge in [-0.15, -0.1) is 0 Å². The highest BCUT2D eigenvalue weighted by Crippen LogP contribution is 2.30. The van der Waals surface area contributed by atoms with Gasteiger partial charge < -0.3 is 9.47 Å². The van der Waals surface area contributed by atoms with E-state index in [-0.39, 0.29) is 10.5 Å². The average Bonchev–Trinajstić information content (AvgIpc) is 2.96. The van der Waals surface area contributed by atoms with Crippen molar-refractivity contribution in [1.29, 1.82) is 0 Å². The highest BCUT2D eigenvalue weighted by molar-refractivity contribution is 7.99.